The average Bonchev–Trinajstić information content (AvgIpc) is 3.43. The first kappa shape index (κ1) is 16.0. The van der Waals surface area contributed by atoms with Gasteiger partial charge in [-0.05, 0) is 35.7 Å². The molecule has 0 amide bonds. The van der Waals surface area contributed by atoms with E-state index in [0.29, 0.717) is 13.2 Å². The van der Waals surface area contributed by atoms with Crippen LogP contribution in [0.5, 0.6) is 17.2 Å². The van der Waals surface area contributed by atoms with Crippen molar-refractivity contribution < 1.29 is 14.2 Å². The zero-order valence-corrected chi connectivity index (χ0v) is 15.9. The Bertz CT molecular complexity index is 1060. The van der Waals surface area contributed by atoms with Gasteiger partial charge in [-0.25, -0.2) is 5.01 Å². The van der Waals surface area contributed by atoms with Crippen molar-refractivity contribution in [2.24, 2.45) is 5.10 Å². The summed E-state index contributed by atoms with van der Waals surface area (Å²) in [6, 6.07) is 18.7. The number of ether oxygens (including phenoxy) is 3. The Morgan fingerprint density at radius 2 is 1.82 bits per heavy atom. The molecule has 2 aromatic carbocycles. The fraction of sp³-hybridized carbons (Fsp3) is 0.227. The lowest BCUT2D eigenvalue weighted by Crippen LogP contribution is -2.33. The van der Waals surface area contributed by atoms with Crippen LogP contribution in [0, 0.1) is 0 Å². The van der Waals surface area contributed by atoms with Gasteiger partial charge in [0.1, 0.15) is 19.0 Å². The third-order valence-corrected chi connectivity index (χ3v) is 6.26. The summed E-state index contributed by atoms with van der Waals surface area (Å²) in [4.78, 5) is 1.16. The molecule has 2 atom stereocenters. The maximum absolute atomic E-state index is 6.35. The summed E-state index contributed by atoms with van der Waals surface area (Å²) in [7, 11) is 0. The molecule has 0 bridgehead atoms. The molecule has 6 heteroatoms. The highest BCUT2D eigenvalue weighted by Gasteiger charge is 2.41. The molecule has 1 aromatic heterocycles. The monoisotopic (exact) mass is 390 g/mol. The lowest BCUT2D eigenvalue weighted by Gasteiger charge is -2.37. The van der Waals surface area contributed by atoms with E-state index in [0.717, 1.165) is 39.8 Å². The molecule has 5 nitrogen and oxygen atoms in total. The Labute approximate surface area is 166 Å². The lowest BCUT2D eigenvalue weighted by molar-refractivity contribution is -0.0165. The van der Waals surface area contributed by atoms with Crippen LogP contribution in [0.15, 0.2) is 65.1 Å². The van der Waals surface area contributed by atoms with Gasteiger partial charge in [0.25, 0.3) is 0 Å². The topological polar surface area (TPSA) is 43.3 Å². The Morgan fingerprint density at radius 1 is 0.929 bits per heavy atom. The van der Waals surface area contributed by atoms with Crippen LogP contribution in [0.1, 0.15) is 34.7 Å². The second-order valence-electron chi connectivity index (χ2n) is 7.03. The van der Waals surface area contributed by atoms with E-state index in [2.05, 4.69) is 46.8 Å². The maximum atomic E-state index is 6.35. The maximum Gasteiger partial charge on any atom is 0.222 e. The van der Waals surface area contributed by atoms with Crippen molar-refractivity contribution >= 4 is 17.0 Å². The summed E-state index contributed by atoms with van der Waals surface area (Å²) in [5.74, 6) is 2.54. The van der Waals surface area contributed by atoms with Crippen LogP contribution >= 0.6 is 11.3 Å². The van der Waals surface area contributed by atoms with E-state index >= 15 is 0 Å². The molecular weight excluding hydrogens is 372 g/mol. The van der Waals surface area contributed by atoms with Gasteiger partial charge >= 0.3 is 0 Å². The fourth-order valence-electron chi connectivity index (χ4n) is 4.05. The van der Waals surface area contributed by atoms with Crippen molar-refractivity contribution in [2.75, 3.05) is 13.2 Å². The van der Waals surface area contributed by atoms with Crippen molar-refractivity contribution in [2.45, 2.75) is 18.7 Å². The number of hydrogen-bond acceptors (Lipinski definition) is 6. The number of thiophene rings is 1. The first-order chi connectivity index (χ1) is 13.9. The lowest BCUT2D eigenvalue weighted by atomic mass is 9.96. The van der Waals surface area contributed by atoms with Gasteiger partial charge in [-0.2, -0.15) is 5.10 Å². The van der Waals surface area contributed by atoms with Gasteiger partial charge in [0.05, 0.1) is 16.6 Å². The van der Waals surface area contributed by atoms with Crippen LogP contribution in [0.2, 0.25) is 0 Å². The van der Waals surface area contributed by atoms with Gasteiger partial charge < -0.3 is 14.2 Å². The van der Waals surface area contributed by atoms with E-state index in [4.69, 9.17) is 19.3 Å². The third kappa shape index (κ3) is 2.48. The first-order valence-electron chi connectivity index (χ1n) is 9.42. The number of benzene rings is 2. The van der Waals surface area contributed by atoms with Gasteiger partial charge in [-0.15, -0.1) is 11.3 Å². The van der Waals surface area contributed by atoms with Crippen LogP contribution < -0.4 is 14.2 Å². The Morgan fingerprint density at radius 3 is 2.71 bits per heavy atom. The van der Waals surface area contributed by atoms with Gasteiger partial charge in [0, 0.05) is 17.5 Å². The third-order valence-electron chi connectivity index (χ3n) is 5.36. The zero-order valence-electron chi connectivity index (χ0n) is 15.1. The number of hydrazone groups is 1. The van der Waals surface area contributed by atoms with Crippen molar-refractivity contribution in [3.63, 3.8) is 0 Å². The van der Waals surface area contributed by atoms with Gasteiger partial charge in [-0.1, -0.05) is 24.3 Å². The molecule has 140 valence electrons. The number of para-hydroxylation sites is 1. The molecular formula is C22H18N2O3S. The second kappa shape index (κ2) is 6.27. The molecule has 0 spiro atoms. The van der Waals surface area contributed by atoms with Crippen LogP contribution in [-0.2, 0) is 0 Å². The Balaban J connectivity index is 1.41. The van der Waals surface area contributed by atoms with E-state index in [1.165, 1.54) is 5.56 Å². The summed E-state index contributed by atoms with van der Waals surface area (Å²) in [5.41, 5.74) is 3.30. The summed E-state index contributed by atoms with van der Waals surface area (Å²) < 4.78 is 17.8. The highest BCUT2D eigenvalue weighted by atomic mass is 32.1. The molecule has 0 saturated carbocycles. The molecule has 0 aliphatic carbocycles. The van der Waals surface area contributed by atoms with E-state index in [-0.39, 0.29) is 12.3 Å². The summed E-state index contributed by atoms with van der Waals surface area (Å²) in [6.45, 7) is 1.18. The molecule has 0 N–H and O–H groups in total. The van der Waals surface area contributed by atoms with Crippen LogP contribution in [0.4, 0.5) is 0 Å². The minimum atomic E-state index is -0.199. The molecule has 0 unspecified atom stereocenters. The van der Waals surface area contributed by atoms with E-state index in [1.807, 2.05) is 18.2 Å². The van der Waals surface area contributed by atoms with Gasteiger partial charge in [-0.3, -0.25) is 0 Å². The van der Waals surface area contributed by atoms with Crippen LogP contribution in [-0.4, -0.2) is 23.9 Å². The van der Waals surface area contributed by atoms with Gasteiger partial charge in [0.2, 0.25) is 6.23 Å². The highest BCUT2D eigenvalue weighted by molar-refractivity contribution is 7.10. The summed E-state index contributed by atoms with van der Waals surface area (Å²) >= 11 is 1.70. The molecule has 6 rings (SSSR count). The largest absolute Gasteiger partial charge is 0.486 e. The Kier molecular flexibility index (Phi) is 3.59. The van der Waals surface area contributed by atoms with Crippen molar-refractivity contribution in [1.29, 1.82) is 0 Å². The predicted molar refractivity (Wildman–Crippen MR) is 107 cm³/mol. The average molecular weight is 390 g/mol. The zero-order chi connectivity index (χ0) is 18.5. The molecule has 3 aromatic rings. The van der Waals surface area contributed by atoms with E-state index in [9.17, 15) is 0 Å². The highest BCUT2D eigenvalue weighted by Crippen LogP contribution is 2.48. The smallest absolute Gasteiger partial charge is 0.222 e. The molecule has 4 heterocycles. The minimum absolute atomic E-state index is 0.167. The number of fused-ring (bicyclic) bond motifs is 4. The minimum Gasteiger partial charge on any atom is -0.486 e. The Hall–Kier alpha value is -2.99. The van der Waals surface area contributed by atoms with Crippen molar-refractivity contribution in [3.05, 3.63) is 76.0 Å². The molecule has 3 aliphatic heterocycles. The van der Waals surface area contributed by atoms with Crippen molar-refractivity contribution in [1.82, 2.24) is 5.01 Å². The quantitative estimate of drug-likeness (QED) is 0.633. The number of rotatable bonds is 2. The standard InChI is InChI=1S/C22H18N2O3S/c1-2-5-18-15(4-1)17-13-16(14-7-8-19-20(12-14)26-10-9-25-19)23-24(17)22(27-18)21-6-3-11-28-21/h1-8,11-12,17,22H,9-10,13H2/t17-,22-/m0/s1. The molecule has 0 saturated heterocycles. The van der Waals surface area contributed by atoms with E-state index < -0.39 is 0 Å². The number of nitrogens with zero attached hydrogens (tertiary/aromatic N) is 2. The molecule has 3 aliphatic rings. The van der Waals surface area contributed by atoms with Crippen molar-refractivity contribution in [3.8, 4) is 17.2 Å². The van der Waals surface area contributed by atoms with E-state index in [1.54, 1.807) is 11.3 Å². The van der Waals surface area contributed by atoms with Crippen LogP contribution in [0.25, 0.3) is 0 Å². The summed E-state index contributed by atoms with van der Waals surface area (Å²) in [6.07, 6.45) is 0.636. The van der Waals surface area contributed by atoms with Crippen LogP contribution in [0.3, 0.4) is 0 Å². The fourth-order valence-corrected chi connectivity index (χ4v) is 4.79. The summed E-state index contributed by atoms with van der Waals surface area (Å²) in [5, 5.41) is 9.19. The molecule has 0 fully saturated rings. The first-order valence-corrected chi connectivity index (χ1v) is 10.3. The predicted octanol–water partition coefficient (Wildman–Crippen LogP) is 4.76. The normalized spacial score (nSPS) is 22.1. The molecule has 0 radical (unpaired) electrons. The SMILES string of the molecule is c1csc([C@@H]2Oc3ccccc3[C@@H]3CC(c4ccc5c(c4)OCCO5)=NN32)c1. The number of hydrogen-bond donors (Lipinski definition) is 0. The van der Waals surface area contributed by atoms with Gasteiger partial charge in [0.15, 0.2) is 11.5 Å². The second-order valence-corrected chi connectivity index (χ2v) is 8.01. The molecule has 28 heavy (non-hydrogen) atoms.